The van der Waals surface area contributed by atoms with E-state index in [0.29, 0.717) is 36.1 Å². The number of carbonyl (C=O) groups excluding carboxylic acids is 2. The molecular formula is C27H36N2O5S. The molecule has 1 aromatic rings. The molecule has 0 spiro atoms. The number of ether oxygens (including phenoxy) is 1. The van der Waals surface area contributed by atoms with Gasteiger partial charge in [-0.25, -0.2) is 4.79 Å². The first-order chi connectivity index (χ1) is 16.7. The van der Waals surface area contributed by atoms with Gasteiger partial charge in [-0.2, -0.15) is 0 Å². The third-order valence-electron chi connectivity index (χ3n) is 7.42. The molecule has 7 nitrogen and oxygen atoms in total. The number of carbonyl (C=O) groups is 3. The molecule has 0 radical (unpaired) electrons. The quantitative estimate of drug-likeness (QED) is 0.586. The van der Waals surface area contributed by atoms with Crippen molar-refractivity contribution in [2.45, 2.75) is 84.4 Å². The van der Waals surface area contributed by atoms with Crippen LogP contribution in [0.1, 0.15) is 80.8 Å². The average Bonchev–Trinajstić information content (AvgIpc) is 3.56. The number of thiophene rings is 1. The highest BCUT2D eigenvalue weighted by Gasteiger charge is 2.46. The zero-order chi connectivity index (χ0) is 25.3. The molecule has 2 unspecified atom stereocenters. The van der Waals surface area contributed by atoms with E-state index in [-0.39, 0.29) is 40.7 Å². The van der Waals surface area contributed by atoms with E-state index in [1.807, 2.05) is 25.7 Å². The molecule has 190 valence electrons. The summed E-state index contributed by atoms with van der Waals surface area (Å²) in [7, 11) is 0. The first kappa shape index (κ1) is 25.7. The fraction of sp³-hybridized carbons (Fsp3) is 0.667. The summed E-state index contributed by atoms with van der Waals surface area (Å²) in [5.74, 6) is 5.28. The van der Waals surface area contributed by atoms with E-state index in [1.54, 1.807) is 6.07 Å². The van der Waals surface area contributed by atoms with Crippen molar-refractivity contribution in [1.29, 1.82) is 0 Å². The molecule has 8 heteroatoms. The van der Waals surface area contributed by atoms with Crippen LogP contribution >= 0.6 is 11.3 Å². The highest BCUT2D eigenvalue weighted by molar-refractivity contribution is 7.15. The normalized spacial score (nSPS) is 26.4. The van der Waals surface area contributed by atoms with Crippen molar-refractivity contribution in [3.05, 3.63) is 15.8 Å². The molecule has 2 aliphatic heterocycles. The van der Waals surface area contributed by atoms with Crippen molar-refractivity contribution < 1.29 is 24.2 Å². The maximum Gasteiger partial charge on any atom is 0.348 e. The van der Waals surface area contributed by atoms with Crippen molar-refractivity contribution in [1.82, 2.24) is 4.90 Å². The number of amides is 2. The lowest BCUT2D eigenvalue weighted by Crippen LogP contribution is -2.55. The molecular weight excluding hydrogens is 464 g/mol. The maximum absolute atomic E-state index is 14.0. The Morgan fingerprint density at radius 3 is 2.51 bits per heavy atom. The number of carboxylic acids is 1. The smallest absolute Gasteiger partial charge is 0.348 e. The number of anilines is 1. The molecule has 1 aromatic heterocycles. The summed E-state index contributed by atoms with van der Waals surface area (Å²) in [6, 6.07) is 0.977. The van der Waals surface area contributed by atoms with Gasteiger partial charge in [-0.3, -0.25) is 14.5 Å². The van der Waals surface area contributed by atoms with E-state index in [9.17, 15) is 19.5 Å². The summed E-state index contributed by atoms with van der Waals surface area (Å²) >= 11 is 1.07. The van der Waals surface area contributed by atoms with Gasteiger partial charge in [0.2, 0.25) is 11.8 Å². The number of hydrogen-bond donors (Lipinski definition) is 1. The van der Waals surface area contributed by atoms with Crippen molar-refractivity contribution >= 4 is 34.8 Å². The Morgan fingerprint density at radius 2 is 1.97 bits per heavy atom. The van der Waals surface area contributed by atoms with Gasteiger partial charge in [0.15, 0.2) is 0 Å². The lowest BCUT2D eigenvalue weighted by molar-refractivity contribution is -0.139. The van der Waals surface area contributed by atoms with Gasteiger partial charge in [0.05, 0.1) is 29.3 Å². The van der Waals surface area contributed by atoms with Crippen LogP contribution in [0.5, 0.6) is 0 Å². The minimum absolute atomic E-state index is 0.0305. The summed E-state index contributed by atoms with van der Waals surface area (Å²) in [5, 5.41) is 10.0. The van der Waals surface area contributed by atoms with E-state index in [2.05, 4.69) is 18.8 Å². The van der Waals surface area contributed by atoms with Crippen LogP contribution in [0.4, 0.5) is 5.69 Å². The molecule has 1 aliphatic carbocycles. The summed E-state index contributed by atoms with van der Waals surface area (Å²) in [4.78, 5) is 44.2. The average molecular weight is 501 g/mol. The molecule has 1 saturated carbocycles. The van der Waals surface area contributed by atoms with Crippen LogP contribution in [-0.4, -0.2) is 59.1 Å². The second-order valence-electron chi connectivity index (χ2n) is 10.5. The molecule has 4 rings (SSSR count). The Balaban J connectivity index is 1.74. The van der Waals surface area contributed by atoms with E-state index in [4.69, 9.17) is 4.74 Å². The molecule has 35 heavy (non-hydrogen) atoms. The number of nitrogens with zero attached hydrogens (tertiary/aromatic N) is 2. The first-order valence-corrected chi connectivity index (χ1v) is 13.6. The number of hydrogen-bond acceptors (Lipinski definition) is 5. The standard InChI is InChI=1S/C27H36N2O5S/c1-5-22(26(31)28-14-20-12-19(28)15-34-20)29(25(30)18-9-7-17(4)8-10-18)23-13-21(11-6-16(2)3)35-24(23)27(32)33/h13,16-20,22H,5,7-10,12,14-15H2,1-4H3,(H,32,33)/t17?,18?,19?,20?,22-/m1/s1. The van der Waals surface area contributed by atoms with Gasteiger partial charge in [0.25, 0.3) is 0 Å². The van der Waals surface area contributed by atoms with Gasteiger partial charge in [0, 0.05) is 18.4 Å². The van der Waals surface area contributed by atoms with Crippen LogP contribution in [-0.2, 0) is 14.3 Å². The Morgan fingerprint density at radius 1 is 1.26 bits per heavy atom. The fourth-order valence-electron chi connectivity index (χ4n) is 5.46. The topological polar surface area (TPSA) is 87.2 Å². The molecule has 2 amide bonds. The number of fused-ring (bicyclic) bond motifs is 2. The summed E-state index contributed by atoms with van der Waals surface area (Å²) in [6.45, 7) is 9.08. The van der Waals surface area contributed by atoms with Crippen molar-refractivity contribution in [3.8, 4) is 11.8 Å². The lowest BCUT2D eigenvalue weighted by atomic mass is 9.82. The van der Waals surface area contributed by atoms with Gasteiger partial charge in [0.1, 0.15) is 10.9 Å². The minimum Gasteiger partial charge on any atom is -0.477 e. The third kappa shape index (κ3) is 5.41. The predicted octanol–water partition coefficient (Wildman–Crippen LogP) is 4.39. The molecule has 3 heterocycles. The molecule has 2 bridgehead atoms. The first-order valence-electron chi connectivity index (χ1n) is 12.8. The van der Waals surface area contributed by atoms with E-state index in [1.165, 1.54) is 4.90 Å². The Kier molecular flexibility index (Phi) is 7.87. The van der Waals surface area contributed by atoms with E-state index < -0.39 is 12.0 Å². The summed E-state index contributed by atoms with van der Waals surface area (Å²) < 4.78 is 5.68. The molecule has 3 atom stereocenters. The zero-order valence-corrected chi connectivity index (χ0v) is 21.9. The number of aromatic carboxylic acids is 1. The van der Waals surface area contributed by atoms with Crippen molar-refractivity contribution in [2.24, 2.45) is 17.8 Å². The summed E-state index contributed by atoms with van der Waals surface area (Å²) in [5.41, 5.74) is 0.306. The van der Waals surface area contributed by atoms with E-state index >= 15 is 0 Å². The van der Waals surface area contributed by atoms with Crippen LogP contribution in [0.25, 0.3) is 0 Å². The Labute approximate surface area is 211 Å². The largest absolute Gasteiger partial charge is 0.477 e. The van der Waals surface area contributed by atoms with Crippen LogP contribution in [0.3, 0.4) is 0 Å². The lowest BCUT2D eigenvalue weighted by Gasteiger charge is -2.38. The number of likely N-dealkylation sites (tertiary alicyclic amines) is 1. The SMILES string of the molecule is CC[C@H](C(=O)N1CC2CC1CO2)N(C(=O)C1CCC(C)CC1)c1cc(C#CC(C)C)sc1C(=O)O. The highest BCUT2D eigenvalue weighted by atomic mass is 32.1. The second-order valence-corrected chi connectivity index (χ2v) is 11.5. The van der Waals surface area contributed by atoms with Gasteiger partial charge in [-0.15, -0.1) is 11.3 Å². The van der Waals surface area contributed by atoms with Crippen molar-refractivity contribution in [3.63, 3.8) is 0 Å². The highest BCUT2D eigenvalue weighted by Crippen LogP contribution is 2.38. The van der Waals surface area contributed by atoms with Gasteiger partial charge >= 0.3 is 5.97 Å². The van der Waals surface area contributed by atoms with Crippen molar-refractivity contribution in [2.75, 3.05) is 18.1 Å². The zero-order valence-electron chi connectivity index (χ0n) is 21.1. The Hall–Kier alpha value is -2.37. The van der Waals surface area contributed by atoms with Crippen LogP contribution < -0.4 is 4.90 Å². The van der Waals surface area contributed by atoms with Gasteiger partial charge in [-0.1, -0.05) is 39.5 Å². The predicted molar refractivity (Wildman–Crippen MR) is 136 cm³/mol. The van der Waals surface area contributed by atoms with E-state index in [0.717, 1.165) is 43.4 Å². The van der Waals surface area contributed by atoms with Crippen LogP contribution in [0.2, 0.25) is 0 Å². The number of morpholine rings is 1. The summed E-state index contributed by atoms with van der Waals surface area (Å²) in [6.07, 6.45) is 4.73. The van der Waals surface area contributed by atoms with Gasteiger partial charge < -0.3 is 14.7 Å². The number of carboxylic acid groups (broad SMARTS) is 1. The second kappa shape index (κ2) is 10.7. The maximum atomic E-state index is 14.0. The molecule has 3 fully saturated rings. The Bertz CT molecular complexity index is 1030. The third-order valence-corrected chi connectivity index (χ3v) is 8.45. The fourth-order valence-corrected chi connectivity index (χ4v) is 6.31. The molecule has 2 saturated heterocycles. The van der Waals surface area contributed by atoms with Crippen LogP contribution in [0.15, 0.2) is 6.07 Å². The minimum atomic E-state index is -1.10. The molecule has 3 aliphatic rings. The van der Waals surface area contributed by atoms with Gasteiger partial charge in [-0.05, 0) is 50.5 Å². The number of rotatable bonds is 6. The monoisotopic (exact) mass is 500 g/mol. The molecule has 0 aromatic carbocycles. The molecule has 1 N–H and O–H groups in total. The van der Waals surface area contributed by atoms with Crippen LogP contribution in [0, 0.1) is 29.6 Å².